The first-order valence-corrected chi connectivity index (χ1v) is 11.2. The van der Waals surface area contributed by atoms with Crippen LogP contribution in [0.25, 0.3) is 0 Å². The topological polar surface area (TPSA) is 75.7 Å². The Morgan fingerprint density at radius 1 is 1.14 bits per heavy atom. The van der Waals surface area contributed by atoms with Crippen molar-refractivity contribution in [2.45, 2.75) is 15.5 Å². The molecule has 2 aromatic carbocycles. The van der Waals surface area contributed by atoms with E-state index < -0.39 is 21.7 Å². The number of sulfonamides is 1. The van der Waals surface area contributed by atoms with Crippen molar-refractivity contribution in [3.63, 3.8) is 0 Å². The van der Waals surface area contributed by atoms with Gasteiger partial charge in [-0.2, -0.15) is 13.1 Å². The molecule has 1 heterocycles. The summed E-state index contributed by atoms with van der Waals surface area (Å²) in [5.74, 6) is -3.05. The van der Waals surface area contributed by atoms with Gasteiger partial charge in [-0.3, -0.25) is 4.79 Å². The minimum atomic E-state index is -3.84. The molecule has 29 heavy (non-hydrogen) atoms. The zero-order valence-corrected chi connectivity index (χ0v) is 17.4. The molecule has 1 aliphatic heterocycles. The summed E-state index contributed by atoms with van der Waals surface area (Å²) >= 11 is 6.48. The lowest BCUT2D eigenvalue weighted by Crippen LogP contribution is -2.40. The van der Waals surface area contributed by atoms with Crippen LogP contribution in [0.1, 0.15) is 10.4 Å². The van der Waals surface area contributed by atoms with Gasteiger partial charge in [0.1, 0.15) is 4.90 Å². The van der Waals surface area contributed by atoms with E-state index in [0.717, 1.165) is 0 Å². The molecule has 1 N–H and O–H groups in total. The monoisotopic (exact) mass is 462 g/mol. The molecule has 3 rings (SSSR count). The Hall–Kier alpha value is -1.72. The molecule has 11 heteroatoms. The van der Waals surface area contributed by atoms with Crippen molar-refractivity contribution in [2.24, 2.45) is 0 Å². The molecule has 0 aliphatic carbocycles. The van der Waals surface area contributed by atoms with Crippen molar-refractivity contribution in [1.29, 1.82) is 0 Å². The van der Waals surface area contributed by atoms with Crippen LogP contribution in [0.3, 0.4) is 0 Å². The summed E-state index contributed by atoms with van der Waals surface area (Å²) in [5.41, 5.74) is 0.494. The number of nitrogens with zero attached hydrogens (tertiary/aromatic N) is 1. The van der Waals surface area contributed by atoms with Crippen molar-refractivity contribution in [3.05, 3.63) is 53.1 Å². The van der Waals surface area contributed by atoms with Gasteiger partial charge < -0.3 is 10.1 Å². The van der Waals surface area contributed by atoms with Crippen molar-refractivity contribution in [1.82, 2.24) is 4.31 Å². The standard InChI is InChI=1S/C18H17ClF2N2O4S2/c19-15-6-3-13(11-16(15)29(25,26)23-7-9-27-10-8-23)22-17(24)12-1-4-14(5-2-12)28-18(20)21/h1-6,11,18H,7-10H2,(H,22,24). The second kappa shape index (κ2) is 9.40. The molecule has 1 saturated heterocycles. The molecular formula is C18H17ClF2N2O4S2. The molecule has 156 valence electrons. The molecule has 0 atom stereocenters. The van der Waals surface area contributed by atoms with Gasteiger partial charge in [0.15, 0.2) is 0 Å². The third-order valence-electron chi connectivity index (χ3n) is 4.12. The Kier molecular flexibility index (Phi) is 7.12. The highest BCUT2D eigenvalue weighted by Crippen LogP contribution is 2.29. The molecule has 0 saturated carbocycles. The minimum absolute atomic E-state index is 0.0443. The number of alkyl halides is 2. The number of anilines is 1. The zero-order chi connectivity index (χ0) is 21.0. The Bertz CT molecular complexity index is 982. The van der Waals surface area contributed by atoms with E-state index in [0.29, 0.717) is 29.9 Å². The summed E-state index contributed by atoms with van der Waals surface area (Å²) in [7, 11) is -3.84. The molecule has 0 aromatic heterocycles. The molecule has 0 unspecified atom stereocenters. The maximum atomic E-state index is 12.9. The first-order valence-electron chi connectivity index (χ1n) is 8.51. The zero-order valence-electron chi connectivity index (χ0n) is 15.0. The molecule has 1 amide bonds. The fourth-order valence-corrected chi connectivity index (χ4v) is 5.10. The van der Waals surface area contributed by atoms with E-state index in [1.165, 1.54) is 46.8 Å². The van der Waals surface area contributed by atoms with Gasteiger partial charge in [-0.15, -0.1) is 0 Å². The van der Waals surface area contributed by atoms with Crippen molar-refractivity contribution in [3.8, 4) is 0 Å². The van der Waals surface area contributed by atoms with Crippen LogP contribution in [0.15, 0.2) is 52.3 Å². The largest absolute Gasteiger partial charge is 0.379 e. The third-order valence-corrected chi connectivity index (χ3v) is 7.22. The number of nitrogens with one attached hydrogen (secondary N) is 1. The Labute approximate surface area is 176 Å². The van der Waals surface area contributed by atoms with Crippen LogP contribution in [-0.2, 0) is 14.8 Å². The minimum Gasteiger partial charge on any atom is -0.379 e. The highest BCUT2D eigenvalue weighted by molar-refractivity contribution is 7.99. The fraction of sp³-hybridized carbons (Fsp3) is 0.278. The summed E-state index contributed by atoms with van der Waals surface area (Å²) < 4.78 is 56.9. The van der Waals surface area contributed by atoms with E-state index in [2.05, 4.69) is 5.32 Å². The number of halogens is 3. The van der Waals surface area contributed by atoms with E-state index in [1.807, 2.05) is 0 Å². The van der Waals surface area contributed by atoms with Gasteiger partial charge in [-0.25, -0.2) is 8.42 Å². The summed E-state index contributed by atoms with van der Waals surface area (Å²) in [4.78, 5) is 12.6. The first-order chi connectivity index (χ1) is 13.8. The predicted molar refractivity (Wildman–Crippen MR) is 107 cm³/mol. The number of thioether (sulfide) groups is 1. The van der Waals surface area contributed by atoms with E-state index in [-0.39, 0.29) is 34.3 Å². The highest BCUT2D eigenvalue weighted by atomic mass is 35.5. The third kappa shape index (κ3) is 5.46. The number of hydrogen-bond donors (Lipinski definition) is 1. The fourth-order valence-electron chi connectivity index (χ4n) is 2.70. The van der Waals surface area contributed by atoms with E-state index in [1.54, 1.807) is 0 Å². The maximum absolute atomic E-state index is 12.9. The second-order valence-corrected chi connectivity index (χ2v) is 9.40. The SMILES string of the molecule is O=C(Nc1ccc(Cl)c(S(=O)(=O)N2CCOCC2)c1)c1ccc(SC(F)F)cc1. The normalized spacial score (nSPS) is 15.4. The van der Waals surface area contributed by atoms with Crippen LogP contribution in [-0.4, -0.2) is 50.7 Å². The van der Waals surface area contributed by atoms with Crippen LogP contribution in [0, 0.1) is 0 Å². The van der Waals surface area contributed by atoms with Crippen molar-refractivity contribution >= 4 is 45.0 Å². The summed E-state index contributed by atoms with van der Waals surface area (Å²) in [6, 6.07) is 9.85. The lowest BCUT2D eigenvalue weighted by Gasteiger charge is -2.26. The summed E-state index contributed by atoms with van der Waals surface area (Å²) in [5, 5.41) is 2.65. The molecule has 0 spiro atoms. The Morgan fingerprint density at radius 3 is 2.41 bits per heavy atom. The number of carbonyl (C=O) groups excluding carboxylic acids is 1. The van der Waals surface area contributed by atoms with E-state index in [4.69, 9.17) is 16.3 Å². The molecule has 0 bridgehead atoms. The van der Waals surface area contributed by atoms with E-state index >= 15 is 0 Å². The number of morpholine rings is 1. The number of amides is 1. The van der Waals surface area contributed by atoms with Gasteiger partial charge in [0.05, 0.1) is 18.2 Å². The van der Waals surface area contributed by atoms with Gasteiger partial charge in [0.2, 0.25) is 10.0 Å². The Balaban J connectivity index is 1.78. The first kappa shape index (κ1) is 22.0. The van der Waals surface area contributed by atoms with Gasteiger partial charge in [-0.1, -0.05) is 23.4 Å². The number of ether oxygens (including phenoxy) is 1. The lowest BCUT2D eigenvalue weighted by atomic mass is 10.2. The second-order valence-electron chi connectivity index (χ2n) is 6.02. The maximum Gasteiger partial charge on any atom is 0.288 e. The number of benzene rings is 2. The van der Waals surface area contributed by atoms with Crippen LogP contribution in [0.4, 0.5) is 14.5 Å². The smallest absolute Gasteiger partial charge is 0.288 e. The highest BCUT2D eigenvalue weighted by Gasteiger charge is 2.28. The Morgan fingerprint density at radius 2 is 1.79 bits per heavy atom. The molecular weight excluding hydrogens is 446 g/mol. The molecule has 0 radical (unpaired) electrons. The van der Waals surface area contributed by atoms with Crippen LogP contribution >= 0.6 is 23.4 Å². The molecule has 1 aliphatic rings. The lowest BCUT2D eigenvalue weighted by molar-refractivity contribution is 0.0730. The average molecular weight is 463 g/mol. The van der Waals surface area contributed by atoms with Crippen LogP contribution in [0.5, 0.6) is 0 Å². The van der Waals surface area contributed by atoms with Crippen molar-refractivity contribution in [2.75, 3.05) is 31.6 Å². The molecule has 6 nitrogen and oxygen atoms in total. The number of hydrogen-bond acceptors (Lipinski definition) is 5. The summed E-state index contributed by atoms with van der Waals surface area (Å²) in [6.45, 7) is 1.04. The summed E-state index contributed by atoms with van der Waals surface area (Å²) in [6.07, 6.45) is 0. The van der Waals surface area contributed by atoms with Crippen molar-refractivity contribution < 1.29 is 26.7 Å². The van der Waals surface area contributed by atoms with Gasteiger partial charge in [0.25, 0.3) is 11.7 Å². The molecule has 2 aromatic rings. The number of carbonyl (C=O) groups is 1. The van der Waals surface area contributed by atoms with Gasteiger partial charge in [-0.05, 0) is 42.5 Å². The van der Waals surface area contributed by atoms with E-state index in [9.17, 15) is 22.0 Å². The molecule has 1 fully saturated rings. The van der Waals surface area contributed by atoms with Crippen LogP contribution < -0.4 is 5.32 Å². The predicted octanol–water partition coefficient (Wildman–Crippen LogP) is 3.93. The van der Waals surface area contributed by atoms with Gasteiger partial charge in [0, 0.05) is 29.2 Å². The van der Waals surface area contributed by atoms with Gasteiger partial charge >= 0.3 is 0 Å². The number of rotatable bonds is 6. The quantitative estimate of drug-likeness (QED) is 0.658. The van der Waals surface area contributed by atoms with Crippen LogP contribution in [0.2, 0.25) is 5.02 Å². The average Bonchev–Trinajstić information content (AvgIpc) is 2.70.